The number of piperidine rings is 1. The third-order valence-corrected chi connectivity index (χ3v) is 4.04. The first kappa shape index (κ1) is 14.5. The molecule has 22 heavy (non-hydrogen) atoms. The van der Waals surface area contributed by atoms with Gasteiger partial charge in [-0.1, -0.05) is 0 Å². The highest BCUT2D eigenvalue weighted by Crippen LogP contribution is 2.24. The summed E-state index contributed by atoms with van der Waals surface area (Å²) in [5.41, 5.74) is 0.881. The molecular formula is C15H19N5O2. The van der Waals surface area contributed by atoms with E-state index in [0.29, 0.717) is 5.82 Å². The molecule has 1 aliphatic heterocycles. The smallest absolute Gasteiger partial charge is 0.308 e. The summed E-state index contributed by atoms with van der Waals surface area (Å²) in [5.74, 6) is 1.43. The number of aryl methyl sites for hydroxylation is 1. The second kappa shape index (κ2) is 6.13. The Labute approximate surface area is 128 Å². The standard InChI is InChI=1S/C15H19N5O2/c1-19-12(3-8-17-19)14-16-7-4-13(18-14)20-9-5-11(6-10-20)15(21)22-2/h3-4,7-8,11H,5-6,9-10H2,1-2H3. The molecule has 1 saturated heterocycles. The fraction of sp³-hybridized carbons (Fsp3) is 0.467. The van der Waals surface area contributed by atoms with Gasteiger partial charge in [0.2, 0.25) is 0 Å². The fourth-order valence-corrected chi connectivity index (χ4v) is 2.75. The number of anilines is 1. The Hall–Kier alpha value is -2.44. The molecule has 1 fully saturated rings. The molecule has 0 N–H and O–H groups in total. The molecule has 2 aromatic heterocycles. The van der Waals surface area contributed by atoms with Crippen LogP contribution in [0.3, 0.4) is 0 Å². The van der Waals surface area contributed by atoms with Gasteiger partial charge in [-0.15, -0.1) is 0 Å². The zero-order chi connectivity index (χ0) is 15.5. The minimum Gasteiger partial charge on any atom is -0.469 e. The molecule has 0 unspecified atom stereocenters. The Balaban J connectivity index is 1.74. The Morgan fingerprint density at radius 2 is 2.05 bits per heavy atom. The number of methoxy groups -OCH3 is 1. The van der Waals surface area contributed by atoms with Gasteiger partial charge in [-0.05, 0) is 25.0 Å². The van der Waals surface area contributed by atoms with Crippen LogP contribution in [-0.2, 0) is 16.6 Å². The van der Waals surface area contributed by atoms with Crippen molar-refractivity contribution in [3.8, 4) is 11.5 Å². The number of hydrogen-bond donors (Lipinski definition) is 0. The summed E-state index contributed by atoms with van der Waals surface area (Å²) in [5, 5.41) is 4.15. The molecule has 0 saturated carbocycles. The SMILES string of the molecule is COC(=O)C1CCN(c2ccnc(-c3ccnn3C)n2)CC1. The Morgan fingerprint density at radius 1 is 1.27 bits per heavy atom. The van der Waals surface area contributed by atoms with Gasteiger partial charge in [0.15, 0.2) is 5.82 Å². The van der Waals surface area contributed by atoms with E-state index in [9.17, 15) is 4.79 Å². The first-order chi connectivity index (χ1) is 10.7. The predicted octanol–water partition coefficient (Wildman–Crippen LogP) is 1.27. The van der Waals surface area contributed by atoms with Crippen molar-refractivity contribution in [2.24, 2.45) is 13.0 Å². The lowest BCUT2D eigenvalue weighted by Gasteiger charge is -2.31. The molecule has 0 amide bonds. The first-order valence-corrected chi connectivity index (χ1v) is 7.33. The minimum atomic E-state index is -0.113. The van der Waals surface area contributed by atoms with Gasteiger partial charge in [-0.2, -0.15) is 5.10 Å². The van der Waals surface area contributed by atoms with Crippen LogP contribution >= 0.6 is 0 Å². The van der Waals surface area contributed by atoms with Gasteiger partial charge in [0, 0.05) is 32.5 Å². The van der Waals surface area contributed by atoms with Crippen LogP contribution in [0.2, 0.25) is 0 Å². The summed E-state index contributed by atoms with van der Waals surface area (Å²) in [6.07, 6.45) is 5.07. The molecule has 7 nitrogen and oxygen atoms in total. The van der Waals surface area contributed by atoms with E-state index in [2.05, 4.69) is 20.0 Å². The van der Waals surface area contributed by atoms with Crippen LogP contribution in [-0.4, -0.2) is 45.9 Å². The van der Waals surface area contributed by atoms with E-state index in [1.165, 1.54) is 7.11 Å². The van der Waals surface area contributed by atoms with Crippen LogP contribution in [0.25, 0.3) is 11.5 Å². The Morgan fingerprint density at radius 3 is 2.68 bits per heavy atom. The van der Waals surface area contributed by atoms with Gasteiger partial charge in [-0.25, -0.2) is 9.97 Å². The minimum absolute atomic E-state index is 0.000341. The van der Waals surface area contributed by atoms with Crippen molar-refractivity contribution < 1.29 is 9.53 Å². The molecule has 0 radical (unpaired) electrons. The van der Waals surface area contributed by atoms with E-state index in [4.69, 9.17) is 4.74 Å². The molecule has 3 heterocycles. The lowest BCUT2D eigenvalue weighted by molar-refractivity contribution is -0.146. The highest BCUT2D eigenvalue weighted by molar-refractivity contribution is 5.72. The van der Waals surface area contributed by atoms with Crippen LogP contribution in [0.1, 0.15) is 12.8 Å². The molecule has 7 heteroatoms. The van der Waals surface area contributed by atoms with E-state index < -0.39 is 0 Å². The number of rotatable bonds is 3. The summed E-state index contributed by atoms with van der Waals surface area (Å²) >= 11 is 0. The summed E-state index contributed by atoms with van der Waals surface area (Å²) in [7, 11) is 3.31. The van der Waals surface area contributed by atoms with Crippen molar-refractivity contribution in [1.82, 2.24) is 19.7 Å². The number of carbonyl (C=O) groups is 1. The third kappa shape index (κ3) is 2.79. The van der Waals surface area contributed by atoms with Crippen molar-refractivity contribution in [2.45, 2.75) is 12.8 Å². The van der Waals surface area contributed by atoms with Crippen LogP contribution in [0.5, 0.6) is 0 Å². The van der Waals surface area contributed by atoms with Gasteiger partial charge in [0.05, 0.1) is 13.0 Å². The van der Waals surface area contributed by atoms with Crippen LogP contribution in [0.15, 0.2) is 24.5 Å². The van der Waals surface area contributed by atoms with Crippen LogP contribution < -0.4 is 4.90 Å². The molecule has 0 bridgehead atoms. The summed E-state index contributed by atoms with van der Waals surface area (Å²) in [6.45, 7) is 1.59. The highest BCUT2D eigenvalue weighted by Gasteiger charge is 2.26. The van der Waals surface area contributed by atoms with Gasteiger partial charge in [0.25, 0.3) is 0 Å². The van der Waals surface area contributed by atoms with Crippen molar-refractivity contribution in [3.63, 3.8) is 0 Å². The summed E-state index contributed by atoms with van der Waals surface area (Å²) < 4.78 is 6.57. The Bertz CT molecular complexity index is 661. The van der Waals surface area contributed by atoms with Crippen molar-refractivity contribution in [1.29, 1.82) is 0 Å². The van der Waals surface area contributed by atoms with Gasteiger partial charge >= 0.3 is 5.97 Å². The Kier molecular flexibility index (Phi) is 4.04. The molecule has 0 aliphatic carbocycles. The topological polar surface area (TPSA) is 73.1 Å². The summed E-state index contributed by atoms with van der Waals surface area (Å²) in [6, 6.07) is 3.79. The molecule has 0 spiro atoms. The number of esters is 1. The number of hydrogen-bond acceptors (Lipinski definition) is 6. The van der Waals surface area contributed by atoms with Gasteiger partial charge in [0.1, 0.15) is 11.5 Å². The lowest BCUT2D eigenvalue weighted by Crippen LogP contribution is -2.37. The van der Waals surface area contributed by atoms with E-state index >= 15 is 0 Å². The van der Waals surface area contributed by atoms with E-state index in [0.717, 1.165) is 37.4 Å². The molecule has 116 valence electrons. The third-order valence-electron chi connectivity index (χ3n) is 4.04. The van der Waals surface area contributed by atoms with Crippen LogP contribution in [0, 0.1) is 5.92 Å². The molecule has 3 rings (SSSR count). The van der Waals surface area contributed by atoms with E-state index in [-0.39, 0.29) is 11.9 Å². The van der Waals surface area contributed by atoms with Crippen molar-refractivity contribution in [3.05, 3.63) is 24.5 Å². The first-order valence-electron chi connectivity index (χ1n) is 7.33. The predicted molar refractivity (Wildman–Crippen MR) is 81.2 cm³/mol. The zero-order valence-corrected chi connectivity index (χ0v) is 12.8. The largest absolute Gasteiger partial charge is 0.469 e. The maximum absolute atomic E-state index is 11.6. The zero-order valence-electron chi connectivity index (χ0n) is 12.8. The molecule has 0 aromatic carbocycles. The average Bonchev–Trinajstić information content (AvgIpc) is 3.00. The molecular weight excluding hydrogens is 282 g/mol. The second-order valence-electron chi connectivity index (χ2n) is 5.36. The van der Waals surface area contributed by atoms with Gasteiger partial charge in [-0.3, -0.25) is 9.48 Å². The lowest BCUT2D eigenvalue weighted by atomic mass is 9.97. The maximum atomic E-state index is 11.6. The van der Waals surface area contributed by atoms with E-state index in [1.807, 2.05) is 19.2 Å². The van der Waals surface area contributed by atoms with Gasteiger partial charge < -0.3 is 9.64 Å². The second-order valence-corrected chi connectivity index (χ2v) is 5.36. The average molecular weight is 301 g/mol. The number of carbonyl (C=O) groups excluding carboxylic acids is 1. The number of aromatic nitrogens is 4. The number of ether oxygens (including phenoxy) is 1. The van der Waals surface area contributed by atoms with Crippen molar-refractivity contribution in [2.75, 3.05) is 25.1 Å². The fourth-order valence-electron chi connectivity index (χ4n) is 2.75. The quantitative estimate of drug-likeness (QED) is 0.795. The van der Waals surface area contributed by atoms with E-state index in [1.54, 1.807) is 17.1 Å². The molecule has 1 aliphatic rings. The van der Waals surface area contributed by atoms with Crippen LogP contribution in [0.4, 0.5) is 5.82 Å². The molecule has 2 aromatic rings. The number of nitrogens with zero attached hydrogens (tertiary/aromatic N) is 5. The molecule has 0 atom stereocenters. The monoisotopic (exact) mass is 301 g/mol. The normalized spacial score (nSPS) is 15.8. The highest BCUT2D eigenvalue weighted by atomic mass is 16.5. The maximum Gasteiger partial charge on any atom is 0.308 e. The van der Waals surface area contributed by atoms with Crippen molar-refractivity contribution >= 4 is 11.8 Å². The summed E-state index contributed by atoms with van der Waals surface area (Å²) in [4.78, 5) is 22.7.